The lowest BCUT2D eigenvalue weighted by atomic mass is 10.1. The van der Waals surface area contributed by atoms with E-state index in [1.807, 2.05) is 0 Å². The zero-order valence-electron chi connectivity index (χ0n) is 10.7. The van der Waals surface area contributed by atoms with Gasteiger partial charge in [0.15, 0.2) is 10.8 Å². The fraction of sp³-hybridized carbons (Fsp3) is 0.455. The molecule has 0 fully saturated rings. The monoisotopic (exact) mass is 298 g/mol. The molecule has 4 N–H and O–H groups in total. The summed E-state index contributed by atoms with van der Waals surface area (Å²) in [6.07, 6.45) is -0.978. The number of thioether (sulfide) groups is 1. The molecule has 2 aromatic rings. The van der Waals surface area contributed by atoms with Gasteiger partial charge in [-0.05, 0) is 6.42 Å². The first-order valence-electron chi connectivity index (χ1n) is 5.92. The number of fused-ring (bicyclic) bond motifs is 1. The van der Waals surface area contributed by atoms with Crippen LogP contribution in [0.4, 0.5) is 0 Å². The van der Waals surface area contributed by atoms with E-state index in [4.69, 9.17) is 0 Å². The molecule has 2 heterocycles. The second-order valence-electron chi connectivity index (χ2n) is 4.21. The first-order chi connectivity index (χ1) is 9.50. The molecule has 0 aliphatic carbocycles. The van der Waals surface area contributed by atoms with E-state index in [0.29, 0.717) is 5.75 Å². The lowest BCUT2D eigenvalue weighted by molar-refractivity contribution is -0.109. The summed E-state index contributed by atoms with van der Waals surface area (Å²) in [6.45, 7) is 1.43. The van der Waals surface area contributed by atoms with E-state index in [1.54, 1.807) is 0 Å². The second kappa shape index (κ2) is 6.16. The highest BCUT2D eigenvalue weighted by molar-refractivity contribution is 8.13. The van der Waals surface area contributed by atoms with E-state index in [-0.39, 0.29) is 28.3 Å². The van der Waals surface area contributed by atoms with Gasteiger partial charge in [-0.3, -0.25) is 14.7 Å². The van der Waals surface area contributed by atoms with Crippen molar-refractivity contribution in [2.75, 3.05) is 5.75 Å². The van der Waals surface area contributed by atoms with E-state index in [2.05, 4.69) is 20.2 Å². The van der Waals surface area contributed by atoms with Gasteiger partial charge >= 0.3 is 0 Å². The molecule has 0 aromatic carbocycles. The summed E-state index contributed by atoms with van der Waals surface area (Å²) in [5.41, 5.74) is -0.147. The van der Waals surface area contributed by atoms with Crippen molar-refractivity contribution >= 4 is 27.9 Å². The van der Waals surface area contributed by atoms with Crippen molar-refractivity contribution in [1.29, 1.82) is 0 Å². The van der Waals surface area contributed by atoms with Crippen LogP contribution in [0.2, 0.25) is 0 Å². The summed E-state index contributed by atoms with van der Waals surface area (Å²) in [6, 6.07) is 0. The second-order valence-corrected chi connectivity index (χ2v) is 5.48. The first-order valence-corrected chi connectivity index (χ1v) is 6.90. The summed E-state index contributed by atoms with van der Waals surface area (Å²) in [7, 11) is 0. The number of H-pyrrole nitrogens is 2. The molecule has 2 atom stereocenters. The van der Waals surface area contributed by atoms with Gasteiger partial charge < -0.3 is 15.2 Å². The SMILES string of the molecule is CC(=O)SCCC(O)C(O)c1[nH]nc2nc[nH]c(=O)c12. The van der Waals surface area contributed by atoms with Crippen LogP contribution >= 0.6 is 11.8 Å². The van der Waals surface area contributed by atoms with E-state index in [0.717, 1.165) is 11.8 Å². The van der Waals surface area contributed by atoms with E-state index >= 15 is 0 Å². The summed E-state index contributed by atoms with van der Waals surface area (Å²) in [4.78, 5) is 28.7. The van der Waals surface area contributed by atoms with Crippen LogP contribution in [-0.4, -0.2) is 47.4 Å². The van der Waals surface area contributed by atoms with Crippen molar-refractivity contribution in [2.45, 2.75) is 25.6 Å². The van der Waals surface area contributed by atoms with Gasteiger partial charge in [0.05, 0.1) is 18.1 Å². The molecular weight excluding hydrogens is 284 g/mol. The van der Waals surface area contributed by atoms with Gasteiger partial charge in [0, 0.05) is 12.7 Å². The Hall–Kier alpha value is -1.71. The summed E-state index contributed by atoms with van der Waals surface area (Å²) in [5.74, 6) is 0.383. The molecular formula is C11H14N4O4S. The Morgan fingerprint density at radius 3 is 2.95 bits per heavy atom. The highest BCUT2D eigenvalue weighted by Gasteiger charge is 2.24. The Morgan fingerprint density at radius 1 is 1.50 bits per heavy atom. The van der Waals surface area contributed by atoms with Gasteiger partial charge in [-0.25, -0.2) is 4.98 Å². The first kappa shape index (κ1) is 14.7. The molecule has 2 unspecified atom stereocenters. The summed E-state index contributed by atoms with van der Waals surface area (Å²) < 4.78 is 0. The van der Waals surface area contributed by atoms with E-state index in [9.17, 15) is 19.8 Å². The van der Waals surface area contributed by atoms with Crippen LogP contribution in [0.25, 0.3) is 11.0 Å². The predicted molar refractivity (Wildman–Crippen MR) is 73.2 cm³/mol. The molecule has 20 heavy (non-hydrogen) atoms. The molecule has 0 saturated heterocycles. The van der Waals surface area contributed by atoms with Gasteiger partial charge in [-0.15, -0.1) is 0 Å². The smallest absolute Gasteiger partial charge is 0.262 e. The van der Waals surface area contributed by atoms with Crippen molar-refractivity contribution in [1.82, 2.24) is 20.2 Å². The number of aliphatic hydroxyl groups excluding tert-OH is 2. The van der Waals surface area contributed by atoms with Crippen molar-refractivity contribution < 1.29 is 15.0 Å². The molecule has 0 saturated carbocycles. The lowest BCUT2D eigenvalue weighted by Crippen LogP contribution is -2.21. The largest absolute Gasteiger partial charge is 0.390 e. The van der Waals surface area contributed by atoms with E-state index in [1.165, 1.54) is 13.3 Å². The van der Waals surface area contributed by atoms with Crippen LogP contribution in [0.3, 0.4) is 0 Å². The number of carbonyl (C=O) groups is 1. The van der Waals surface area contributed by atoms with Gasteiger partial charge in [0.2, 0.25) is 0 Å². The third kappa shape index (κ3) is 3.06. The minimum absolute atomic E-state index is 0.0562. The number of aromatic nitrogens is 4. The average Bonchev–Trinajstić information content (AvgIpc) is 2.82. The number of hydrogen-bond acceptors (Lipinski definition) is 7. The van der Waals surface area contributed by atoms with Gasteiger partial charge in [0.25, 0.3) is 5.56 Å². The highest BCUT2D eigenvalue weighted by atomic mass is 32.2. The molecule has 0 aliphatic rings. The summed E-state index contributed by atoms with van der Waals surface area (Å²) >= 11 is 1.06. The van der Waals surface area contributed by atoms with Gasteiger partial charge in [0.1, 0.15) is 11.5 Å². The van der Waals surface area contributed by atoms with Crippen LogP contribution in [0, 0.1) is 0 Å². The van der Waals surface area contributed by atoms with Crippen molar-refractivity contribution in [3.8, 4) is 0 Å². The highest BCUT2D eigenvalue weighted by Crippen LogP contribution is 2.22. The maximum Gasteiger partial charge on any atom is 0.262 e. The number of rotatable bonds is 5. The van der Waals surface area contributed by atoms with Gasteiger partial charge in [-0.1, -0.05) is 11.8 Å². The fourth-order valence-corrected chi connectivity index (χ4v) is 2.42. The van der Waals surface area contributed by atoms with Crippen molar-refractivity contribution in [2.24, 2.45) is 0 Å². The number of aromatic amines is 2. The van der Waals surface area contributed by atoms with Crippen LogP contribution < -0.4 is 5.56 Å². The van der Waals surface area contributed by atoms with Crippen LogP contribution in [0.15, 0.2) is 11.1 Å². The number of nitrogens with one attached hydrogen (secondary N) is 2. The Kier molecular flexibility index (Phi) is 4.53. The molecule has 0 radical (unpaired) electrons. The number of aliphatic hydroxyl groups is 2. The molecule has 0 spiro atoms. The molecule has 108 valence electrons. The average molecular weight is 298 g/mol. The zero-order chi connectivity index (χ0) is 14.7. The summed E-state index contributed by atoms with van der Waals surface area (Å²) in [5, 5.41) is 26.4. The Morgan fingerprint density at radius 2 is 2.25 bits per heavy atom. The predicted octanol–water partition coefficient (Wildman–Crippen LogP) is -0.290. The van der Waals surface area contributed by atoms with Crippen molar-refractivity contribution in [3.05, 3.63) is 22.4 Å². The normalized spacial score (nSPS) is 14.3. The van der Waals surface area contributed by atoms with Crippen LogP contribution in [0.1, 0.15) is 25.1 Å². The molecule has 2 aromatic heterocycles. The number of hydrogen-bond donors (Lipinski definition) is 4. The molecule has 8 nitrogen and oxygen atoms in total. The van der Waals surface area contributed by atoms with Gasteiger partial charge in [-0.2, -0.15) is 5.10 Å². The molecule has 9 heteroatoms. The molecule has 0 aliphatic heterocycles. The minimum atomic E-state index is -1.29. The number of carbonyl (C=O) groups excluding carboxylic acids is 1. The standard InChI is InChI=1S/C11H14N4O4S/c1-5(16)20-3-2-6(17)9(18)8-7-10(15-14-8)12-4-13-11(7)19/h4,6,9,17-18H,2-3H2,1H3,(H2,12,13,14,15,19). The maximum absolute atomic E-state index is 11.7. The molecule has 0 amide bonds. The topological polar surface area (TPSA) is 132 Å². The van der Waals surface area contributed by atoms with Crippen molar-refractivity contribution in [3.63, 3.8) is 0 Å². The van der Waals surface area contributed by atoms with E-state index < -0.39 is 17.8 Å². The molecule has 0 bridgehead atoms. The zero-order valence-corrected chi connectivity index (χ0v) is 11.5. The Bertz CT molecular complexity index is 668. The Balaban J connectivity index is 2.16. The van der Waals surface area contributed by atoms with Crippen LogP contribution in [-0.2, 0) is 4.79 Å². The number of nitrogens with zero attached hydrogens (tertiary/aromatic N) is 2. The third-order valence-electron chi connectivity index (χ3n) is 2.76. The van der Waals surface area contributed by atoms with Crippen LogP contribution in [0.5, 0.6) is 0 Å². The third-order valence-corrected chi connectivity index (χ3v) is 3.61. The fourth-order valence-electron chi connectivity index (χ4n) is 1.77. The lowest BCUT2D eigenvalue weighted by Gasteiger charge is -2.15. The maximum atomic E-state index is 11.7. The minimum Gasteiger partial charge on any atom is -0.390 e. The Labute approximate surface area is 117 Å². The molecule has 2 rings (SSSR count). The quantitative estimate of drug-likeness (QED) is 0.596.